The predicted molar refractivity (Wildman–Crippen MR) is 123 cm³/mol. The van der Waals surface area contributed by atoms with Gasteiger partial charge in [-0.2, -0.15) is 4.37 Å². The molecular weight excluding hydrogens is 435 g/mol. The van der Waals surface area contributed by atoms with E-state index in [-0.39, 0.29) is 16.8 Å². The van der Waals surface area contributed by atoms with E-state index in [0.29, 0.717) is 11.3 Å². The van der Waals surface area contributed by atoms with Crippen LogP contribution in [0.25, 0.3) is 0 Å². The van der Waals surface area contributed by atoms with Crippen molar-refractivity contribution < 1.29 is 12.8 Å². The fourth-order valence-corrected chi connectivity index (χ4v) is 5.67. The van der Waals surface area contributed by atoms with Gasteiger partial charge >= 0.3 is 0 Å². The lowest BCUT2D eigenvalue weighted by molar-refractivity contribution is 0.326. The standard InChI is InChI=1S/C22H25FN4O2S2/c1-16-12-21(31(28,29)25-22-9-11-30-24-22)19(23)13-20(16)26(2)18-8-10-27(15-18)14-17-6-4-3-5-7-17/h3-7,9,11-13,18H,8,10,14-15H2,1-2H3,(H,24,25). The number of nitrogens with one attached hydrogen (secondary N) is 1. The third-order valence-corrected chi connectivity index (χ3v) is 7.57. The zero-order valence-electron chi connectivity index (χ0n) is 17.5. The van der Waals surface area contributed by atoms with E-state index in [1.807, 2.05) is 32.2 Å². The second-order valence-corrected chi connectivity index (χ2v) is 10.1. The molecule has 2 heterocycles. The zero-order chi connectivity index (χ0) is 22.0. The van der Waals surface area contributed by atoms with E-state index in [9.17, 15) is 12.8 Å². The molecule has 4 rings (SSSR count). The minimum Gasteiger partial charge on any atom is -0.370 e. The van der Waals surface area contributed by atoms with Crippen molar-refractivity contribution in [2.75, 3.05) is 29.8 Å². The van der Waals surface area contributed by atoms with E-state index in [1.54, 1.807) is 5.38 Å². The summed E-state index contributed by atoms with van der Waals surface area (Å²) in [5.74, 6) is -0.581. The van der Waals surface area contributed by atoms with Gasteiger partial charge in [0.05, 0.1) is 0 Å². The van der Waals surface area contributed by atoms with Crippen LogP contribution in [0.4, 0.5) is 15.9 Å². The normalized spacial score (nSPS) is 17.1. The fourth-order valence-electron chi connectivity index (χ4n) is 4.00. The van der Waals surface area contributed by atoms with Gasteiger partial charge in [-0.3, -0.25) is 9.62 Å². The molecule has 2 aromatic carbocycles. The Hall–Kier alpha value is -2.49. The lowest BCUT2D eigenvalue weighted by Crippen LogP contribution is -2.35. The van der Waals surface area contributed by atoms with Crippen molar-refractivity contribution in [2.45, 2.75) is 30.8 Å². The Bertz CT molecular complexity index is 1140. The van der Waals surface area contributed by atoms with Crippen molar-refractivity contribution in [3.63, 3.8) is 0 Å². The highest BCUT2D eigenvalue weighted by molar-refractivity contribution is 7.92. The van der Waals surface area contributed by atoms with Gasteiger partial charge in [0.25, 0.3) is 10.0 Å². The van der Waals surface area contributed by atoms with Gasteiger partial charge in [0.2, 0.25) is 0 Å². The lowest BCUT2D eigenvalue weighted by atomic mass is 10.1. The molecule has 31 heavy (non-hydrogen) atoms. The highest BCUT2D eigenvalue weighted by Gasteiger charge is 2.28. The number of halogens is 1. The van der Waals surface area contributed by atoms with Gasteiger partial charge < -0.3 is 4.90 Å². The Morgan fingerprint density at radius 2 is 2.03 bits per heavy atom. The maximum absolute atomic E-state index is 14.9. The van der Waals surface area contributed by atoms with Crippen LogP contribution in [0.15, 0.2) is 58.8 Å². The van der Waals surface area contributed by atoms with Crippen molar-refractivity contribution in [1.82, 2.24) is 9.27 Å². The minimum absolute atomic E-state index is 0.188. The number of anilines is 2. The monoisotopic (exact) mass is 460 g/mol. The Morgan fingerprint density at radius 3 is 2.74 bits per heavy atom. The molecule has 3 aromatic rings. The summed E-state index contributed by atoms with van der Waals surface area (Å²) < 4.78 is 46.4. The van der Waals surface area contributed by atoms with Crippen LogP contribution >= 0.6 is 11.5 Å². The zero-order valence-corrected chi connectivity index (χ0v) is 19.1. The number of hydrogen-bond acceptors (Lipinski definition) is 6. The van der Waals surface area contributed by atoms with E-state index in [0.717, 1.165) is 37.6 Å². The molecule has 6 nitrogen and oxygen atoms in total. The van der Waals surface area contributed by atoms with Gasteiger partial charge in [0, 0.05) is 43.8 Å². The summed E-state index contributed by atoms with van der Waals surface area (Å²) in [5.41, 5.74) is 2.69. The van der Waals surface area contributed by atoms with Crippen molar-refractivity contribution in [1.29, 1.82) is 0 Å². The first-order valence-electron chi connectivity index (χ1n) is 10.1. The topological polar surface area (TPSA) is 65.5 Å². The average Bonchev–Trinajstić information content (AvgIpc) is 3.41. The van der Waals surface area contributed by atoms with Crippen LogP contribution in [0.3, 0.4) is 0 Å². The van der Waals surface area contributed by atoms with Crippen molar-refractivity contribution in [3.05, 3.63) is 70.9 Å². The summed E-state index contributed by atoms with van der Waals surface area (Å²) in [4.78, 5) is 4.08. The summed E-state index contributed by atoms with van der Waals surface area (Å²) in [6, 6.07) is 14.8. The molecule has 1 unspecified atom stereocenters. The van der Waals surface area contributed by atoms with Gasteiger partial charge in [-0.25, -0.2) is 12.8 Å². The molecule has 1 N–H and O–H groups in total. The van der Waals surface area contributed by atoms with Crippen LogP contribution in [-0.4, -0.2) is 43.9 Å². The molecule has 1 aliphatic heterocycles. The molecule has 0 bridgehead atoms. The molecule has 1 fully saturated rings. The van der Waals surface area contributed by atoms with Crippen molar-refractivity contribution in [2.24, 2.45) is 0 Å². The number of likely N-dealkylation sites (N-methyl/N-ethyl adjacent to an activating group) is 1. The first kappa shape index (κ1) is 21.7. The van der Waals surface area contributed by atoms with Crippen LogP contribution in [0.1, 0.15) is 17.5 Å². The number of nitrogens with zero attached hydrogens (tertiary/aromatic N) is 3. The first-order valence-corrected chi connectivity index (χ1v) is 12.4. The summed E-state index contributed by atoms with van der Waals surface area (Å²) in [5, 5.41) is 1.65. The van der Waals surface area contributed by atoms with E-state index >= 15 is 0 Å². The summed E-state index contributed by atoms with van der Waals surface area (Å²) in [6.45, 7) is 4.54. The highest BCUT2D eigenvalue weighted by atomic mass is 32.2. The van der Waals surface area contributed by atoms with Crippen LogP contribution in [-0.2, 0) is 16.6 Å². The Labute approximate surface area is 186 Å². The predicted octanol–water partition coefficient (Wildman–Crippen LogP) is 4.10. The largest absolute Gasteiger partial charge is 0.370 e. The molecule has 1 aromatic heterocycles. The number of rotatable bonds is 7. The van der Waals surface area contributed by atoms with Crippen molar-refractivity contribution >= 4 is 33.1 Å². The van der Waals surface area contributed by atoms with Gasteiger partial charge in [0.1, 0.15) is 10.7 Å². The molecule has 0 radical (unpaired) electrons. The maximum Gasteiger partial charge on any atom is 0.266 e. The summed E-state index contributed by atoms with van der Waals surface area (Å²) in [7, 11) is -2.10. The second kappa shape index (κ2) is 8.94. The molecule has 0 spiro atoms. The fraction of sp³-hybridized carbons (Fsp3) is 0.318. The number of hydrogen-bond donors (Lipinski definition) is 1. The Kier molecular flexibility index (Phi) is 6.27. The SMILES string of the molecule is Cc1cc(S(=O)(=O)Nc2ccsn2)c(F)cc1N(C)C1CCN(Cc2ccccc2)C1. The van der Waals surface area contributed by atoms with Crippen LogP contribution in [0, 0.1) is 12.7 Å². The number of likely N-dealkylation sites (tertiary alicyclic amines) is 1. The van der Waals surface area contributed by atoms with Crippen LogP contribution in [0.2, 0.25) is 0 Å². The van der Waals surface area contributed by atoms with Crippen LogP contribution < -0.4 is 9.62 Å². The average molecular weight is 461 g/mol. The van der Waals surface area contributed by atoms with Gasteiger partial charge in [-0.1, -0.05) is 30.3 Å². The molecule has 0 saturated carbocycles. The molecular formula is C22H25FN4O2S2. The third-order valence-electron chi connectivity index (χ3n) is 5.64. The van der Waals surface area contributed by atoms with E-state index in [1.165, 1.54) is 23.8 Å². The van der Waals surface area contributed by atoms with Gasteiger partial charge in [-0.05, 0) is 54.2 Å². The Morgan fingerprint density at radius 1 is 1.26 bits per heavy atom. The van der Waals surface area contributed by atoms with E-state index < -0.39 is 15.8 Å². The second-order valence-electron chi connectivity index (χ2n) is 7.83. The van der Waals surface area contributed by atoms with Crippen LogP contribution in [0.5, 0.6) is 0 Å². The Balaban J connectivity index is 1.49. The van der Waals surface area contributed by atoms with Gasteiger partial charge in [0.15, 0.2) is 5.82 Å². The lowest BCUT2D eigenvalue weighted by Gasteiger charge is -2.29. The minimum atomic E-state index is -4.05. The number of aromatic nitrogens is 1. The molecule has 0 amide bonds. The summed E-state index contributed by atoms with van der Waals surface area (Å²) >= 11 is 1.12. The molecule has 1 atom stereocenters. The van der Waals surface area contributed by atoms with Crippen molar-refractivity contribution in [3.8, 4) is 0 Å². The first-order chi connectivity index (χ1) is 14.8. The highest BCUT2D eigenvalue weighted by Crippen LogP contribution is 2.30. The van der Waals surface area contributed by atoms with E-state index in [2.05, 4.69) is 31.0 Å². The molecule has 1 aliphatic rings. The van der Waals surface area contributed by atoms with E-state index in [4.69, 9.17) is 0 Å². The molecule has 0 aliphatic carbocycles. The van der Waals surface area contributed by atoms with Gasteiger partial charge in [-0.15, -0.1) is 0 Å². The molecule has 1 saturated heterocycles. The molecule has 9 heteroatoms. The quantitative estimate of drug-likeness (QED) is 0.575. The number of benzene rings is 2. The smallest absolute Gasteiger partial charge is 0.266 e. The third kappa shape index (κ3) is 4.89. The number of sulfonamides is 1. The maximum atomic E-state index is 14.9. The summed E-state index contributed by atoms with van der Waals surface area (Å²) in [6.07, 6.45) is 0.968. The number of aryl methyl sites for hydroxylation is 1. The molecule has 164 valence electrons.